The van der Waals surface area contributed by atoms with Crippen molar-refractivity contribution in [3.63, 3.8) is 0 Å². The Hall–Kier alpha value is -3.28. The Morgan fingerprint density at radius 2 is 2.00 bits per heavy atom. The monoisotopic (exact) mass is 500 g/mol. The summed E-state index contributed by atoms with van der Waals surface area (Å²) in [6.07, 6.45) is 1.18. The van der Waals surface area contributed by atoms with Crippen LogP contribution < -0.4 is 10.3 Å². The van der Waals surface area contributed by atoms with Crippen LogP contribution in [0.3, 0.4) is 0 Å². The second-order valence-electron chi connectivity index (χ2n) is 8.68. The van der Waals surface area contributed by atoms with Crippen molar-refractivity contribution < 1.29 is 32.0 Å². The van der Waals surface area contributed by atoms with E-state index in [0.717, 1.165) is 28.3 Å². The molecule has 1 N–H and O–H groups in total. The first-order valence-corrected chi connectivity index (χ1v) is 12.9. The molecular weight excluding hydrogens is 476 g/mol. The summed E-state index contributed by atoms with van der Waals surface area (Å²) in [5, 5.41) is 12.2. The number of ether oxygens (including phenoxy) is 2. The Balaban J connectivity index is 1.69. The molecule has 0 fully saturated rings. The number of carbonyl (C=O) groups is 1. The lowest BCUT2D eigenvalue weighted by Gasteiger charge is -2.32. The first-order chi connectivity index (χ1) is 16.6. The average Bonchev–Trinajstić information content (AvgIpc) is 3.18. The molecule has 0 spiro atoms. The fraction of sp³-hybridized carbons (Fsp3) is 0.375. The maximum Gasteiger partial charge on any atom is 0.343 e. The summed E-state index contributed by atoms with van der Waals surface area (Å²) in [6.45, 7) is 1.58. The molecule has 2 aromatic heterocycles. The van der Waals surface area contributed by atoms with Crippen molar-refractivity contribution in [3.05, 3.63) is 56.9 Å². The first-order valence-electron chi connectivity index (χ1n) is 11.1. The molecule has 4 heterocycles. The van der Waals surface area contributed by atoms with Gasteiger partial charge in [-0.15, -0.1) is 0 Å². The highest BCUT2D eigenvalue weighted by Gasteiger charge is 2.46. The lowest BCUT2D eigenvalue weighted by atomic mass is 9.85. The second-order valence-corrected chi connectivity index (χ2v) is 10.3. The zero-order valence-corrected chi connectivity index (χ0v) is 20.3. The molecule has 184 valence electrons. The molecule has 1 atom stereocenters. The van der Waals surface area contributed by atoms with Gasteiger partial charge in [-0.1, -0.05) is 6.92 Å². The molecule has 0 unspecified atom stereocenters. The molecule has 0 saturated carbocycles. The number of esters is 1. The van der Waals surface area contributed by atoms with Gasteiger partial charge in [-0.05, 0) is 36.2 Å². The van der Waals surface area contributed by atoms with E-state index < -0.39 is 40.3 Å². The molecule has 2 aliphatic heterocycles. The highest BCUT2D eigenvalue weighted by atomic mass is 32.2. The van der Waals surface area contributed by atoms with E-state index in [4.69, 9.17) is 18.6 Å². The molecule has 10 nitrogen and oxygen atoms in total. The number of hydrogen-bond acceptors (Lipinski definition) is 9. The van der Waals surface area contributed by atoms with Crippen molar-refractivity contribution in [1.29, 1.82) is 0 Å². The van der Waals surface area contributed by atoms with E-state index in [1.165, 1.54) is 0 Å². The maximum absolute atomic E-state index is 13.5. The molecule has 1 aromatic carbocycles. The predicted octanol–water partition coefficient (Wildman–Crippen LogP) is 1.61. The number of aromatic nitrogens is 2. The van der Waals surface area contributed by atoms with Gasteiger partial charge in [0.2, 0.25) is 0 Å². The van der Waals surface area contributed by atoms with Crippen LogP contribution in [0.5, 0.6) is 5.75 Å². The summed E-state index contributed by atoms with van der Waals surface area (Å²) in [6, 6.07) is 7.17. The fourth-order valence-electron chi connectivity index (χ4n) is 4.91. The van der Waals surface area contributed by atoms with Crippen LogP contribution in [0.1, 0.15) is 35.6 Å². The molecule has 0 aliphatic carbocycles. The van der Waals surface area contributed by atoms with Gasteiger partial charge in [0.25, 0.3) is 15.7 Å². The Morgan fingerprint density at radius 3 is 2.69 bits per heavy atom. The molecule has 35 heavy (non-hydrogen) atoms. The van der Waals surface area contributed by atoms with Gasteiger partial charge in [-0.25, -0.2) is 9.78 Å². The van der Waals surface area contributed by atoms with Crippen LogP contribution in [0.25, 0.3) is 22.3 Å². The number of cyclic esters (lactones) is 1. The third-order valence-electron chi connectivity index (χ3n) is 6.62. The van der Waals surface area contributed by atoms with E-state index in [9.17, 15) is 23.1 Å². The highest BCUT2D eigenvalue weighted by molar-refractivity contribution is 7.85. The zero-order valence-electron chi connectivity index (χ0n) is 19.5. The SMILES string of the molecule is CCc1c2c(nc3ccc(OC)cc13)-c1cc3c(c(=O)n1C2)COC(=O)[C@]3(O)CCOS(C)(=O)=O. The number of aryl methyl sites for hydroxylation is 1. The van der Waals surface area contributed by atoms with Crippen molar-refractivity contribution in [2.75, 3.05) is 20.0 Å². The third kappa shape index (κ3) is 3.70. The minimum absolute atomic E-state index is 0.0876. The quantitative estimate of drug-likeness (QED) is 0.309. The smallest absolute Gasteiger partial charge is 0.343 e. The largest absolute Gasteiger partial charge is 0.497 e. The van der Waals surface area contributed by atoms with Gasteiger partial charge >= 0.3 is 5.97 Å². The Kier molecular flexibility index (Phi) is 5.46. The molecule has 0 saturated heterocycles. The number of rotatable bonds is 6. The number of pyridine rings is 2. The van der Waals surface area contributed by atoms with Gasteiger partial charge in [-0.3, -0.25) is 8.98 Å². The summed E-state index contributed by atoms with van der Waals surface area (Å²) in [4.78, 5) is 30.9. The molecule has 3 aromatic rings. The normalized spacial score (nSPS) is 18.7. The molecule has 5 rings (SSSR count). The van der Waals surface area contributed by atoms with Gasteiger partial charge in [0.15, 0.2) is 5.60 Å². The van der Waals surface area contributed by atoms with Crippen LogP contribution in [-0.4, -0.2) is 49.0 Å². The highest BCUT2D eigenvalue weighted by Crippen LogP contribution is 2.40. The molecule has 2 aliphatic rings. The zero-order chi connectivity index (χ0) is 25.1. The number of benzene rings is 1. The standard InChI is InChI=1S/C24H24N2O8S/c1-4-14-15-9-13(32-2)5-6-19(15)25-21-16(14)11-26-20(21)10-18-17(22(26)27)12-33-23(28)24(18,29)7-8-34-35(3,30)31/h5-6,9-10,29H,4,7-8,11-12H2,1-3H3/t24-/m0/s1. The molecule has 0 amide bonds. The maximum atomic E-state index is 13.5. The predicted molar refractivity (Wildman–Crippen MR) is 126 cm³/mol. The van der Waals surface area contributed by atoms with Crippen molar-refractivity contribution in [2.45, 2.75) is 38.5 Å². The number of nitrogens with zero attached hydrogens (tertiary/aromatic N) is 2. The number of carbonyl (C=O) groups excluding carboxylic acids is 1. The van der Waals surface area contributed by atoms with E-state index in [1.54, 1.807) is 17.7 Å². The van der Waals surface area contributed by atoms with Crippen molar-refractivity contribution in [2.24, 2.45) is 0 Å². The van der Waals surface area contributed by atoms with Crippen molar-refractivity contribution >= 4 is 27.0 Å². The topological polar surface area (TPSA) is 134 Å². The van der Waals surface area contributed by atoms with Gasteiger partial charge in [0, 0.05) is 22.9 Å². The molecular formula is C24H24N2O8S. The number of hydrogen-bond donors (Lipinski definition) is 1. The van der Waals surface area contributed by atoms with E-state index in [1.807, 2.05) is 25.1 Å². The number of aliphatic hydroxyl groups is 1. The minimum atomic E-state index is -3.79. The van der Waals surface area contributed by atoms with Crippen LogP contribution in [0.4, 0.5) is 0 Å². The summed E-state index contributed by atoms with van der Waals surface area (Å²) < 4.78 is 39.5. The van der Waals surface area contributed by atoms with E-state index >= 15 is 0 Å². The van der Waals surface area contributed by atoms with Crippen molar-refractivity contribution in [3.8, 4) is 17.1 Å². The summed E-state index contributed by atoms with van der Waals surface area (Å²) in [7, 11) is -2.19. The Labute approximate surface area is 201 Å². The Morgan fingerprint density at radius 1 is 1.23 bits per heavy atom. The van der Waals surface area contributed by atoms with Crippen LogP contribution in [0, 0.1) is 0 Å². The molecule has 11 heteroatoms. The average molecular weight is 501 g/mol. The van der Waals surface area contributed by atoms with E-state index in [2.05, 4.69) is 0 Å². The summed E-state index contributed by atoms with van der Waals surface area (Å²) in [5.41, 5.74) is 1.36. The van der Waals surface area contributed by atoms with Crippen LogP contribution in [0.15, 0.2) is 29.1 Å². The fourth-order valence-corrected chi connectivity index (χ4v) is 5.30. The molecule has 0 bridgehead atoms. The lowest BCUT2D eigenvalue weighted by molar-refractivity contribution is -0.173. The number of methoxy groups -OCH3 is 1. The van der Waals surface area contributed by atoms with Crippen LogP contribution >= 0.6 is 0 Å². The Bertz CT molecular complexity index is 1560. The van der Waals surface area contributed by atoms with Crippen LogP contribution in [0.2, 0.25) is 0 Å². The summed E-state index contributed by atoms with van der Waals surface area (Å²) >= 11 is 0. The van der Waals surface area contributed by atoms with Gasteiger partial charge in [0.1, 0.15) is 12.4 Å². The van der Waals surface area contributed by atoms with Crippen molar-refractivity contribution in [1.82, 2.24) is 9.55 Å². The van der Waals surface area contributed by atoms with Gasteiger partial charge in [-0.2, -0.15) is 8.42 Å². The van der Waals surface area contributed by atoms with E-state index in [0.29, 0.717) is 30.1 Å². The summed E-state index contributed by atoms with van der Waals surface area (Å²) in [5.74, 6) is -0.258. The first kappa shape index (κ1) is 23.5. The van der Waals surface area contributed by atoms with Gasteiger partial charge < -0.3 is 19.1 Å². The van der Waals surface area contributed by atoms with Gasteiger partial charge in [0.05, 0.1) is 49.0 Å². The molecule has 0 radical (unpaired) electrons. The second kappa shape index (κ2) is 8.14. The van der Waals surface area contributed by atoms with E-state index in [-0.39, 0.29) is 17.7 Å². The number of fused-ring (bicyclic) bond motifs is 5. The lowest BCUT2D eigenvalue weighted by Crippen LogP contribution is -2.45. The van der Waals surface area contributed by atoms with Crippen LogP contribution in [-0.2, 0) is 49.0 Å². The third-order valence-corrected chi connectivity index (χ3v) is 7.21. The minimum Gasteiger partial charge on any atom is -0.497 e.